The predicted molar refractivity (Wildman–Crippen MR) is 80.8 cm³/mol. The van der Waals surface area contributed by atoms with E-state index in [4.69, 9.17) is 9.15 Å². The molecule has 0 N–H and O–H groups in total. The maximum absolute atomic E-state index is 11.6. The van der Waals surface area contributed by atoms with E-state index in [9.17, 15) is 4.79 Å². The number of hydrogen-bond donors (Lipinski definition) is 0. The summed E-state index contributed by atoms with van der Waals surface area (Å²) in [5, 5.41) is 1.04. The van der Waals surface area contributed by atoms with Crippen LogP contribution in [0.25, 0.3) is 22.2 Å². The first-order valence-corrected chi connectivity index (χ1v) is 6.92. The second-order valence-electron chi connectivity index (χ2n) is 4.21. The van der Waals surface area contributed by atoms with E-state index < -0.39 is 0 Å². The molecule has 0 fully saturated rings. The highest BCUT2D eigenvalue weighted by molar-refractivity contribution is 7.20. The third-order valence-electron chi connectivity index (χ3n) is 2.95. The molecule has 0 saturated heterocycles. The van der Waals surface area contributed by atoms with Crippen LogP contribution < -0.4 is 0 Å². The van der Waals surface area contributed by atoms with Crippen molar-refractivity contribution in [1.29, 1.82) is 0 Å². The van der Waals surface area contributed by atoms with E-state index >= 15 is 0 Å². The summed E-state index contributed by atoms with van der Waals surface area (Å²) in [4.78, 5) is 12.2. The Morgan fingerprint density at radius 3 is 2.90 bits per heavy atom. The Kier molecular flexibility index (Phi) is 3.39. The van der Waals surface area contributed by atoms with E-state index in [-0.39, 0.29) is 5.97 Å². The summed E-state index contributed by atoms with van der Waals surface area (Å²) in [6.45, 7) is 0. The van der Waals surface area contributed by atoms with Gasteiger partial charge in [-0.15, -0.1) is 11.3 Å². The number of furan rings is 1. The number of thiophene rings is 1. The Morgan fingerprint density at radius 1 is 1.25 bits per heavy atom. The molecule has 1 aromatic carbocycles. The molecule has 4 heteroatoms. The maximum atomic E-state index is 11.6. The SMILES string of the molecule is COC(=O)c1cc2c(/C=C/c3ccco3)cccc2s1. The molecule has 0 radical (unpaired) electrons. The number of benzene rings is 1. The van der Waals surface area contributed by atoms with E-state index in [0.717, 1.165) is 21.4 Å². The number of carbonyl (C=O) groups is 1. The average Bonchev–Trinajstić information content (AvgIpc) is 3.13. The summed E-state index contributed by atoms with van der Waals surface area (Å²) < 4.78 is 11.1. The van der Waals surface area contributed by atoms with Crippen molar-refractivity contribution in [3.05, 3.63) is 58.9 Å². The van der Waals surface area contributed by atoms with Crippen LogP contribution in [0.1, 0.15) is 21.0 Å². The van der Waals surface area contributed by atoms with E-state index in [1.54, 1.807) is 6.26 Å². The second-order valence-corrected chi connectivity index (χ2v) is 5.29. The summed E-state index contributed by atoms with van der Waals surface area (Å²) in [6.07, 6.45) is 5.53. The molecule has 2 heterocycles. The smallest absolute Gasteiger partial charge is 0.348 e. The van der Waals surface area contributed by atoms with Crippen molar-refractivity contribution < 1.29 is 13.9 Å². The van der Waals surface area contributed by atoms with Gasteiger partial charge < -0.3 is 9.15 Å². The molecular formula is C16H12O3S. The van der Waals surface area contributed by atoms with E-state index in [1.165, 1.54) is 18.4 Å². The molecule has 0 bridgehead atoms. The number of rotatable bonds is 3. The number of hydrogen-bond acceptors (Lipinski definition) is 4. The average molecular weight is 284 g/mol. The molecule has 0 aliphatic carbocycles. The van der Waals surface area contributed by atoms with Crippen molar-refractivity contribution in [2.75, 3.05) is 7.11 Å². The van der Waals surface area contributed by atoms with E-state index in [1.807, 2.05) is 48.6 Å². The van der Waals surface area contributed by atoms with Gasteiger partial charge in [-0.1, -0.05) is 18.2 Å². The fraction of sp³-hybridized carbons (Fsp3) is 0.0625. The van der Waals surface area contributed by atoms with Gasteiger partial charge in [-0.05, 0) is 35.9 Å². The first-order chi connectivity index (χ1) is 9.78. The molecule has 20 heavy (non-hydrogen) atoms. The summed E-state index contributed by atoms with van der Waals surface area (Å²) in [7, 11) is 1.39. The molecule has 0 unspecified atom stereocenters. The molecular weight excluding hydrogens is 272 g/mol. The van der Waals surface area contributed by atoms with Gasteiger partial charge in [0.05, 0.1) is 13.4 Å². The van der Waals surface area contributed by atoms with Gasteiger partial charge in [0.15, 0.2) is 0 Å². The highest BCUT2D eigenvalue weighted by Crippen LogP contribution is 2.29. The van der Waals surface area contributed by atoms with Crippen LogP contribution in [0, 0.1) is 0 Å². The van der Waals surface area contributed by atoms with Crippen molar-refractivity contribution in [2.24, 2.45) is 0 Å². The van der Waals surface area contributed by atoms with Crippen molar-refractivity contribution in [1.82, 2.24) is 0 Å². The predicted octanol–water partition coefficient (Wildman–Crippen LogP) is 4.45. The Balaban J connectivity index is 2.02. The molecule has 0 spiro atoms. The molecule has 3 rings (SSSR count). The second kappa shape index (κ2) is 5.35. The van der Waals surface area contributed by atoms with Crippen LogP contribution in [0.5, 0.6) is 0 Å². The van der Waals surface area contributed by atoms with Gasteiger partial charge in [-0.3, -0.25) is 0 Å². The van der Waals surface area contributed by atoms with Gasteiger partial charge >= 0.3 is 5.97 Å². The first-order valence-electron chi connectivity index (χ1n) is 6.10. The van der Waals surface area contributed by atoms with Crippen LogP contribution >= 0.6 is 11.3 Å². The molecule has 2 aromatic heterocycles. The highest BCUT2D eigenvalue weighted by atomic mass is 32.1. The fourth-order valence-corrected chi connectivity index (χ4v) is 3.00. The summed E-state index contributed by atoms with van der Waals surface area (Å²) >= 11 is 1.44. The standard InChI is InChI=1S/C16H12O3S/c1-18-16(17)15-10-13-11(4-2-6-14(13)20-15)7-8-12-5-3-9-19-12/h2-10H,1H3/b8-7+. The lowest BCUT2D eigenvalue weighted by atomic mass is 10.1. The van der Waals surface area contributed by atoms with Crippen molar-refractivity contribution in [3.8, 4) is 0 Å². The first kappa shape index (κ1) is 12.7. The fourth-order valence-electron chi connectivity index (χ4n) is 1.99. The molecule has 0 aliphatic rings. The lowest BCUT2D eigenvalue weighted by Gasteiger charge is -1.95. The Morgan fingerprint density at radius 2 is 2.15 bits per heavy atom. The van der Waals surface area contributed by atoms with Crippen molar-refractivity contribution in [3.63, 3.8) is 0 Å². The zero-order chi connectivity index (χ0) is 13.9. The molecule has 0 atom stereocenters. The molecule has 100 valence electrons. The lowest BCUT2D eigenvalue weighted by molar-refractivity contribution is 0.0606. The van der Waals surface area contributed by atoms with Crippen molar-refractivity contribution in [2.45, 2.75) is 0 Å². The molecule has 0 aliphatic heterocycles. The summed E-state index contributed by atoms with van der Waals surface area (Å²) in [5.74, 6) is 0.498. The zero-order valence-corrected chi connectivity index (χ0v) is 11.6. The van der Waals surface area contributed by atoms with Crippen LogP contribution in [-0.2, 0) is 4.74 Å². The quantitative estimate of drug-likeness (QED) is 0.667. The molecule has 3 aromatic rings. The van der Waals surface area contributed by atoms with Gasteiger partial charge in [-0.25, -0.2) is 4.79 Å². The van der Waals surface area contributed by atoms with Gasteiger partial charge in [0.2, 0.25) is 0 Å². The number of esters is 1. The number of ether oxygens (including phenoxy) is 1. The zero-order valence-electron chi connectivity index (χ0n) is 10.8. The maximum Gasteiger partial charge on any atom is 0.348 e. The third kappa shape index (κ3) is 2.38. The highest BCUT2D eigenvalue weighted by Gasteiger charge is 2.11. The number of methoxy groups -OCH3 is 1. The monoisotopic (exact) mass is 284 g/mol. The molecule has 0 amide bonds. The molecule has 0 saturated carbocycles. The van der Waals surface area contributed by atoms with Crippen molar-refractivity contribution >= 4 is 39.5 Å². The Labute approximate surface area is 120 Å². The normalized spacial score (nSPS) is 11.2. The van der Waals surface area contributed by atoms with Gasteiger partial charge in [-0.2, -0.15) is 0 Å². The van der Waals surface area contributed by atoms with E-state index in [2.05, 4.69) is 0 Å². The van der Waals surface area contributed by atoms with Gasteiger partial charge in [0.25, 0.3) is 0 Å². The number of fused-ring (bicyclic) bond motifs is 1. The summed E-state index contributed by atoms with van der Waals surface area (Å²) in [5.41, 5.74) is 1.05. The van der Waals surface area contributed by atoms with Gasteiger partial charge in [0.1, 0.15) is 10.6 Å². The van der Waals surface area contributed by atoms with Crippen LogP contribution in [-0.4, -0.2) is 13.1 Å². The Bertz CT molecular complexity index is 766. The van der Waals surface area contributed by atoms with Crippen LogP contribution in [0.4, 0.5) is 0 Å². The Hall–Kier alpha value is -2.33. The number of carbonyl (C=O) groups excluding carboxylic acids is 1. The topological polar surface area (TPSA) is 39.4 Å². The largest absolute Gasteiger partial charge is 0.465 e. The minimum atomic E-state index is -0.299. The van der Waals surface area contributed by atoms with Crippen LogP contribution in [0.3, 0.4) is 0 Å². The van der Waals surface area contributed by atoms with Crippen LogP contribution in [0.15, 0.2) is 47.1 Å². The minimum absolute atomic E-state index is 0.299. The van der Waals surface area contributed by atoms with Gasteiger partial charge in [0, 0.05) is 10.1 Å². The third-order valence-corrected chi connectivity index (χ3v) is 4.03. The minimum Gasteiger partial charge on any atom is -0.465 e. The molecule has 3 nitrogen and oxygen atoms in total. The van der Waals surface area contributed by atoms with Crippen LogP contribution in [0.2, 0.25) is 0 Å². The summed E-state index contributed by atoms with van der Waals surface area (Å²) in [6, 6.07) is 11.6. The van der Waals surface area contributed by atoms with E-state index in [0.29, 0.717) is 4.88 Å². The lowest BCUT2D eigenvalue weighted by Crippen LogP contribution is -1.96.